The van der Waals surface area contributed by atoms with Crippen LogP contribution >= 0.6 is 0 Å². The number of nitrogens with one attached hydrogen (secondary N) is 10. The second-order valence-electron chi connectivity index (χ2n) is 17.2. The fourth-order valence-electron chi connectivity index (χ4n) is 6.69. The third kappa shape index (κ3) is 22.1. The van der Waals surface area contributed by atoms with Gasteiger partial charge in [0.15, 0.2) is 0 Å². The number of piperidine rings is 1. The van der Waals surface area contributed by atoms with Crippen molar-refractivity contribution in [2.24, 2.45) is 23.3 Å². The van der Waals surface area contributed by atoms with Crippen LogP contribution < -0.4 is 59.3 Å². The van der Waals surface area contributed by atoms with Crippen LogP contribution in [-0.2, 0) is 47.9 Å². The van der Waals surface area contributed by atoms with Crippen LogP contribution in [0.3, 0.4) is 0 Å². The van der Waals surface area contributed by atoms with Gasteiger partial charge in [-0.3, -0.25) is 69.1 Å². The Bertz CT molecular complexity index is 1920. The maximum atomic E-state index is 13.7. The van der Waals surface area contributed by atoms with Crippen molar-refractivity contribution in [1.29, 1.82) is 5.41 Å². The number of carbonyl (C=O) groups is 10. The normalized spacial score (nSPS) is 18.0. The monoisotopic (exact) mass is 1010 g/mol. The Morgan fingerprint density at radius 2 is 1.44 bits per heavy atom. The maximum Gasteiger partial charge on any atom is 0.308 e. The van der Waals surface area contributed by atoms with E-state index in [0.717, 1.165) is 13.8 Å². The molecule has 0 aromatic carbocycles. The Morgan fingerprint density at radius 1 is 0.831 bits per heavy atom. The van der Waals surface area contributed by atoms with E-state index in [9.17, 15) is 73.7 Å². The zero-order valence-corrected chi connectivity index (χ0v) is 41.1. The molecule has 1 fully saturated rings. The highest BCUT2D eigenvalue weighted by Crippen LogP contribution is 2.13. The molecule has 1 saturated heterocycles. The summed E-state index contributed by atoms with van der Waals surface area (Å²) in [4.78, 5) is 128. The van der Waals surface area contributed by atoms with E-state index in [0.29, 0.717) is 16.5 Å². The van der Waals surface area contributed by atoms with E-state index < -0.39 is 132 Å². The van der Waals surface area contributed by atoms with Crippen molar-refractivity contribution in [3.05, 3.63) is 11.8 Å². The molecule has 9 amide bonds. The van der Waals surface area contributed by atoms with E-state index in [1.54, 1.807) is 0 Å². The van der Waals surface area contributed by atoms with Gasteiger partial charge < -0.3 is 69.3 Å². The number of allylic oxidation sites excluding steroid dienone is 1. The minimum Gasteiger partial charge on any atom is -0.481 e. The lowest BCUT2D eigenvalue weighted by Gasteiger charge is -2.30. The van der Waals surface area contributed by atoms with Gasteiger partial charge in [0.2, 0.25) is 47.3 Å². The van der Waals surface area contributed by atoms with E-state index in [1.165, 1.54) is 40.7 Å². The second-order valence-corrected chi connectivity index (χ2v) is 17.2. The molecule has 0 aliphatic carbocycles. The Hall–Kier alpha value is -6.37. The molecule has 11 atom stereocenters. The lowest BCUT2D eigenvalue weighted by Crippen LogP contribution is -2.59. The first-order chi connectivity index (χ1) is 33.1. The van der Waals surface area contributed by atoms with Crippen LogP contribution in [0.2, 0.25) is 0 Å². The zero-order valence-electron chi connectivity index (χ0n) is 41.1. The van der Waals surface area contributed by atoms with Crippen LogP contribution in [0.1, 0.15) is 87.0 Å². The number of carbonyl (C=O) groups excluding carboxylic acids is 9. The SMILES string of the molecule is CC=C(NC(=O)CNC(=O)C(C)NC(=O)C(NC(=O)C(C)C(O)C(C)N)C(C)C(=O)O)C(O)NC(CCCN(O)C(C)=O)C(=O)NC(C)C(=O)NC(CCCNCC(=N)N)C(=O)NC1CCCN(O)C1=O. The minimum absolute atomic E-state index is 0.0318. The number of amidine groups is 1. The first-order valence-corrected chi connectivity index (χ1v) is 23.0. The minimum atomic E-state index is -1.81. The molecule has 0 aromatic heterocycles. The molecule has 402 valence electrons. The molecule has 11 unspecified atom stereocenters. The third-order valence-electron chi connectivity index (χ3n) is 11.2. The summed E-state index contributed by atoms with van der Waals surface area (Å²) in [7, 11) is 0. The molecule has 0 aromatic rings. The van der Waals surface area contributed by atoms with Gasteiger partial charge in [-0.1, -0.05) is 13.0 Å². The Labute approximate surface area is 410 Å². The van der Waals surface area contributed by atoms with E-state index in [1.807, 2.05) is 0 Å². The highest BCUT2D eigenvalue weighted by molar-refractivity contribution is 5.96. The topological polar surface area (TPSA) is 462 Å². The first kappa shape index (κ1) is 62.6. The molecule has 19 N–H and O–H groups in total. The third-order valence-corrected chi connectivity index (χ3v) is 11.2. The number of nitrogens with zero attached hydrogens (tertiary/aromatic N) is 2. The molecular formula is C42H74N14O15. The molecule has 1 aliphatic rings. The molecule has 0 saturated carbocycles. The van der Waals surface area contributed by atoms with Gasteiger partial charge in [0.05, 0.1) is 42.8 Å². The maximum absolute atomic E-state index is 13.7. The first-order valence-electron chi connectivity index (χ1n) is 23.0. The number of carboxylic acids is 1. The summed E-state index contributed by atoms with van der Waals surface area (Å²) in [5.41, 5.74) is 10.8. The number of amides is 9. The molecular weight excluding hydrogens is 941 g/mol. The van der Waals surface area contributed by atoms with Crippen molar-refractivity contribution in [3.8, 4) is 0 Å². The molecule has 29 nitrogen and oxygen atoms in total. The van der Waals surface area contributed by atoms with E-state index in [2.05, 4.69) is 47.9 Å². The van der Waals surface area contributed by atoms with Gasteiger partial charge in [-0.05, 0) is 79.7 Å². The standard InChI is InChI=1S/C42H74N14O15/c1-8-26(50-31(58)19-47-35(61)23(5)49-40(66)32(20(2)42(68)69)54-34(60)21(3)33(59)22(4)43)37(63)52-28(13-10-16-55(70)25(7)57)38(64)48-24(6)36(62)51-27(12-9-15-46-18-30(44)45)39(65)53-29-14-11-17-56(71)41(29)67/h8,20-24,27-29,32-33,37,46,52,59,63,70-71H,9-19,43H2,1-7H3,(H3,44,45)(H,47,61)(H,48,64)(H,49,66)(H,50,58)(H,51,62)(H,53,65)(H,54,60)(H,68,69). The lowest BCUT2D eigenvalue weighted by molar-refractivity contribution is -0.173. The number of carboxylic acid groups (broad SMARTS) is 1. The smallest absolute Gasteiger partial charge is 0.308 e. The number of aliphatic carboxylic acids is 1. The molecule has 1 rings (SSSR count). The van der Waals surface area contributed by atoms with Crippen molar-refractivity contribution in [3.63, 3.8) is 0 Å². The van der Waals surface area contributed by atoms with Crippen molar-refractivity contribution in [1.82, 2.24) is 58.0 Å². The van der Waals surface area contributed by atoms with Crippen LogP contribution in [0.5, 0.6) is 0 Å². The number of hydrogen-bond acceptors (Lipinski definition) is 18. The largest absolute Gasteiger partial charge is 0.481 e. The summed E-state index contributed by atoms with van der Waals surface area (Å²) in [6.45, 7) is 8.38. The number of rotatable bonds is 31. The molecule has 29 heteroatoms. The number of nitrogens with two attached hydrogens (primary N) is 2. The molecule has 0 spiro atoms. The number of hydrogen-bond donors (Lipinski definition) is 17. The average Bonchev–Trinajstić information content (AvgIpc) is 3.30. The highest BCUT2D eigenvalue weighted by Gasteiger charge is 2.37. The fraction of sp³-hybridized carbons (Fsp3) is 0.690. The Kier molecular flexibility index (Phi) is 27.4. The van der Waals surface area contributed by atoms with Crippen molar-refractivity contribution >= 4 is 65.0 Å². The fourth-order valence-corrected chi connectivity index (χ4v) is 6.69. The lowest BCUT2D eigenvalue weighted by atomic mass is 9.96. The van der Waals surface area contributed by atoms with Gasteiger partial charge in [-0.25, -0.2) is 10.1 Å². The van der Waals surface area contributed by atoms with Crippen molar-refractivity contribution in [2.75, 3.05) is 32.7 Å². The van der Waals surface area contributed by atoms with E-state index in [-0.39, 0.29) is 69.8 Å². The van der Waals surface area contributed by atoms with Gasteiger partial charge in [-0.15, -0.1) is 0 Å². The predicted molar refractivity (Wildman–Crippen MR) is 250 cm³/mol. The number of hydroxylamine groups is 4. The predicted octanol–water partition coefficient (Wildman–Crippen LogP) is -5.74. The molecule has 0 bridgehead atoms. The average molecular weight is 1020 g/mol. The van der Waals surface area contributed by atoms with Crippen LogP contribution in [0.4, 0.5) is 0 Å². The molecule has 1 heterocycles. The van der Waals surface area contributed by atoms with Crippen LogP contribution in [0.15, 0.2) is 11.8 Å². The summed E-state index contributed by atoms with van der Waals surface area (Å²) in [6, 6.07) is -8.92. The van der Waals surface area contributed by atoms with Gasteiger partial charge in [-0.2, -0.15) is 0 Å². The second kappa shape index (κ2) is 31.1. The molecule has 1 aliphatic heterocycles. The van der Waals surface area contributed by atoms with Gasteiger partial charge in [0.25, 0.3) is 5.91 Å². The summed E-state index contributed by atoms with van der Waals surface area (Å²) < 4.78 is 0. The highest BCUT2D eigenvalue weighted by atomic mass is 16.5. The summed E-state index contributed by atoms with van der Waals surface area (Å²) >= 11 is 0. The Balaban J connectivity index is 3.08. The van der Waals surface area contributed by atoms with Crippen molar-refractivity contribution < 1.29 is 73.7 Å². The van der Waals surface area contributed by atoms with Crippen LogP contribution in [0.25, 0.3) is 0 Å². The summed E-state index contributed by atoms with van der Waals surface area (Å²) in [5, 5.41) is 81.2. The van der Waals surface area contributed by atoms with Gasteiger partial charge >= 0.3 is 5.97 Å². The Morgan fingerprint density at radius 3 is 2.01 bits per heavy atom. The number of aliphatic hydroxyl groups excluding tert-OH is 2. The zero-order chi connectivity index (χ0) is 54.3. The van der Waals surface area contributed by atoms with Crippen molar-refractivity contribution in [2.45, 2.75) is 142 Å². The summed E-state index contributed by atoms with van der Waals surface area (Å²) in [6.07, 6.45) is -1.13. The van der Waals surface area contributed by atoms with Crippen LogP contribution in [0, 0.1) is 17.2 Å². The number of aliphatic hydroxyl groups is 2. The van der Waals surface area contributed by atoms with Gasteiger partial charge in [0.1, 0.15) is 42.3 Å². The quantitative estimate of drug-likeness (QED) is 0.00768. The molecule has 71 heavy (non-hydrogen) atoms. The van der Waals surface area contributed by atoms with Gasteiger partial charge in [0, 0.05) is 26.1 Å². The van der Waals surface area contributed by atoms with E-state index in [4.69, 9.17) is 16.9 Å². The van der Waals surface area contributed by atoms with Crippen LogP contribution in [-0.4, -0.2) is 188 Å². The van der Waals surface area contributed by atoms with E-state index >= 15 is 0 Å². The molecule has 0 radical (unpaired) electrons. The summed E-state index contributed by atoms with van der Waals surface area (Å²) in [5.74, 6) is -11.9.